The van der Waals surface area contributed by atoms with E-state index in [1.807, 2.05) is 0 Å². The molecule has 92 valence electrons. The number of halogens is 1. The number of nitrogens with one attached hydrogen (secondary N) is 1. The molecule has 2 aliphatic carbocycles. The fraction of sp³-hybridized carbons (Fsp3) is 0.600. The molecule has 2 fully saturated rings. The first-order chi connectivity index (χ1) is 8.33. The van der Waals surface area contributed by atoms with Gasteiger partial charge in [-0.1, -0.05) is 47.0 Å². The summed E-state index contributed by atoms with van der Waals surface area (Å²) in [5, 5.41) is 3.69. The van der Waals surface area contributed by atoms with E-state index in [1.54, 1.807) is 0 Å². The zero-order valence-corrected chi connectivity index (χ0v) is 11.7. The van der Waals surface area contributed by atoms with Crippen LogP contribution in [0.1, 0.15) is 43.6 Å². The minimum absolute atomic E-state index is 0.768. The standard InChI is InChI=1S/C15H20BrN/c16-15-4-2-1-3-14(15)12-9-13(10-12)17-8-7-11-5-6-11/h1-4,11-13,17H,5-10H2. The highest BCUT2D eigenvalue weighted by Gasteiger charge is 2.31. The van der Waals surface area contributed by atoms with Crippen molar-refractivity contribution in [3.05, 3.63) is 34.3 Å². The molecule has 0 atom stereocenters. The molecule has 1 N–H and O–H groups in total. The van der Waals surface area contributed by atoms with E-state index in [2.05, 4.69) is 45.5 Å². The Kier molecular flexibility index (Phi) is 3.53. The van der Waals surface area contributed by atoms with Gasteiger partial charge in [-0.05, 0) is 49.3 Å². The van der Waals surface area contributed by atoms with Crippen LogP contribution in [0.2, 0.25) is 0 Å². The highest BCUT2D eigenvalue weighted by atomic mass is 79.9. The topological polar surface area (TPSA) is 12.0 Å². The molecule has 3 rings (SSSR count). The third-order valence-corrected chi connectivity index (χ3v) is 4.89. The van der Waals surface area contributed by atoms with Crippen molar-refractivity contribution in [1.29, 1.82) is 0 Å². The second kappa shape index (κ2) is 5.11. The van der Waals surface area contributed by atoms with Crippen LogP contribution in [0, 0.1) is 5.92 Å². The summed E-state index contributed by atoms with van der Waals surface area (Å²) in [6.07, 6.45) is 6.98. The van der Waals surface area contributed by atoms with Crippen LogP contribution in [-0.4, -0.2) is 12.6 Å². The van der Waals surface area contributed by atoms with Crippen LogP contribution >= 0.6 is 15.9 Å². The molecule has 2 aliphatic rings. The van der Waals surface area contributed by atoms with Crippen molar-refractivity contribution < 1.29 is 0 Å². The molecule has 2 saturated carbocycles. The van der Waals surface area contributed by atoms with Gasteiger partial charge in [0, 0.05) is 10.5 Å². The average Bonchev–Trinajstić information content (AvgIpc) is 3.07. The highest BCUT2D eigenvalue weighted by Crippen LogP contribution is 2.40. The summed E-state index contributed by atoms with van der Waals surface area (Å²) >= 11 is 3.65. The second-order valence-corrected chi connectivity index (χ2v) is 6.43. The molecule has 0 aliphatic heterocycles. The predicted molar refractivity (Wildman–Crippen MR) is 75.2 cm³/mol. The molecule has 0 amide bonds. The molecule has 0 spiro atoms. The molecule has 0 radical (unpaired) electrons. The number of hydrogen-bond acceptors (Lipinski definition) is 1. The van der Waals surface area contributed by atoms with Crippen molar-refractivity contribution in [1.82, 2.24) is 5.32 Å². The van der Waals surface area contributed by atoms with E-state index in [0.717, 1.165) is 17.9 Å². The number of benzene rings is 1. The van der Waals surface area contributed by atoms with Gasteiger partial charge < -0.3 is 5.32 Å². The van der Waals surface area contributed by atoms with E-state index in [-0.39, 0.29) is 0 Å². The lowest BCUT2D eigenvalue weighted by atomic mass is 9.76. The SMILES string of the molecule is Brc1ccccc1C1CC(NCCC2CC2)C1. The maximum Gasteiger partial charge on any atom is 0.0210 e. The molecule has 1 nitrogen and oxygen atoms in total. The molecule has 0 bridgehead atoms. The number of rotatable bonds is 5. The maximum absolute atomic E-state index is 3.69. The van der Waals surface area contributed by atoms with Crippen molar-refractivity contribution >= 4 is 15.9 Å². The van der Waals surface area contributed by atoms with Gasteiger partial charge in [0.15, 0.2) is 0 Å². The van der Waals surface area contributed by atoms with Crippen LogP contribution in [0.5, 0.6) is 0 Å². The molecule has 2 heteroatoms. The zero-order chi connectivity index (χ0) is 11.7. The summed E-state index contributed by atoms with van der Waals surface area (Å²) in [6, 6.07) is 9.43. The molecule has 1 aromatic rings. The fourth-order valence-electron chi connectivity index (χ4n) is 2.74. The van der Waals surface area contributed by atoms with Gasteiger partial charge in [-0.2, -0.15) is 0 Å². The number of hydrogen-bond donors (Lipinski definition) is 1. The van der Waals surface area contributed by atoms with Crippen LogP contribution in [0.15, 0.2) is 28.7 Å². The lowest BCUT2D eigenvalue weighted by Gasteiger charge is -2.37. The molecule has 0 saturated heterocycles. The van der Waals surface area contributed by atoms with Crippen molar-refractivity contribution in [3.63, 3.8) is 0 Å². The Labute approximate surface area is 112 Å². The van der Waals surface area contributed by atoms with E-state index < -0.39 is 0 Å². The van der Waals surface area contributed by atoms with Gasteiger partial charge >= 0.3 is 0 Å². The van der Waals surface area contributed by atoms with Gasteiger partial charge in [-0.3, -0.25) is 0 Å². The molecule has 1 aromatic carbocycles. The monoisotopic (exact) mass is 293 g/mol. The third kappa shape index (κ3) is 2.92. The fourth-order valence-corrected chi connectivity index (χ4v) is 3.35. The Morgan fingerprint density at radius 2 is 1.94 bits per heavy atom. The quantitative estimate of drug-likeness (QED) is 0.862. The van der Waals surface area contributed by atoms with Crippen molar-refractivity contribution in [3.8, 4) is 0 Å². The van der Waals surface area contributed by atoms with Gasteiger partial charge in [0.05, 0.1) is 0 Å². The van der Waals surface area contributed by atoms with Crippen LogP contribution in [0.3, 0.4) is 0 Å². The summed E-state index contributed by atoms with van der Waals surface area (Å²) in [7, 11) is 0. The van der Waals surface area contributed by atoms with Crippen LogP contribution in [-0.2, 0) is 0 Å². The molecular formula is C15H20BrN. The maximum atomic E-state index is 3.69. The highest BCUT2D eigenvalue weighted by molar-refractivity contribution is 9.10. The normalized spacial score (nSPS) is 27.8. The van der Waals surface area contributed by atoms with E-state index in [4.69, 9.17) is 0 Å². The van der Waals surface area contributed by atoms with E-state index in [0.29, 0.717) is 0 Å². The Morgan fingerprint density at radius 1 is 1.18 bits per heavy atom. The minimum Gasteiger partial charge on any atom is -0.314 e. The largest absolute Gasteiger partial charge is 0.314 e. The third-order valence-electron chi connectivity index (χ3n) is 4.17. The predicted octanol–water partition coefficient (Wildman–Crippen LogP) is 4.08. The Morgan fingerprint density at radius 3 is 2.65 bits per heavy atom. The summed E-state index contributed by atoms with van der Waals surface area (Å²) in [4.78, 5) is 0. The second-order valence-electron chi connectivity index (χ2n) is 5.57. The first-order valence-corrected chi connectivity index (χ1v) is 7.60. The first-order valence-electron chi connectivity index (χ1n) is 6.80. The summed E-state index contributed by atoms with van der Waals surface area (Å²) in [5.74, 6) is 1.82. The van der Waals surface area contributed by atoms with Gasteiger partial charge in [-0.25, -0.2) is 0 Å². The zero-order valence-electron chi connectivity index (χ0n) is 10.2. The molecule has 0 unspecified atom stereocenters. The Balaban J connectivity index is 1.42. The lowest BCUT2D eigenvalue weighted by molar-refractivity contribution is 0.288. The molecule has 0 aromatic heterocycles. The average molecular weight is 294 g/mol. The van der Waals surface area contributed by atoms with Crippen LogP contribution in [0.25, 0.3) is 0 Å². The minimum atomic E-state index is 0.768. The molecule has 17 heavy (non-hydrogen) atoms. The Bertz CT molecular complexity index is 380. The smallest absolute Gasteiger partial charge is 0.0210 e. The van der Waals surface area contributed by atoms with Crippen molar-refractivity contribution in [2.75, 3.05) is 6.54 Å². The summed E-state index contributed by atoms with van der Waals surface area (Å²) in [6.45, 7) is 1.23. The van der Waals surface area contributed by atoms with E-state index in [1.165, 1.54) is 48.7 Å². The van der Waals surface area contributed by atoms with Crippen molar-refractivity contribution in [2.24, 2.45) is 5.92 Å². The molecular weight excluding hydrogens is 274 g/mol. The first kappa shape index (κ1) is 11.7. The van der Waals surface area contributed by atoms with Crippen LogP contribution < -0.4 is 5.32 Å². The van der Waals surface area contributed by atoms with Crippen molar-refractivity contribution in [2.45, 2.75) is 44.1 Å². The lowest BCUT2D eigenvalue weighted by Crippen LogP contribution is -2.40. The summed E-state index contributed by atoms with van der Waals surface area (Å²) < 4.78 is 1.28. The van der Waals surface area contributed by atoms with E-state index in [9.17, 15) is 0 Å². The summed E-state index contributed by atoms with van der Waals surface area (Å²) in [5.41, 5.74) is 1.49. The van der Waals surface area contributed by atoms with Gasteiger partial charge in [0.25, 0.3) is 0 Å². The van der Waals surface area contributed by atoms with Gasteiger partial charge in [0.1, 0.15) is 0 Å². The van der Waals surface area contributed by atoms with Gasteiger partial charge in [0.2, 0.25) is 0 Å². The van der Waals surface area contributed by atoms with Crippen LogP contribution in [0.4, 0.5) is 0 Å². The Hall–Kier alpha value is -0.340. The van der Waals surface area contributed by atoms with Gasteiger partial charge in [-0.15, -0.1) is 0 Å². The van der Waals surface area contributed by atoms with E-state index >= 15 is 0 Å². The molecule has 0 heterocycles.